The van der Waals surface area contributed by atoms with Crippen LogP contribution in [0.3, 0.4) is 0 Å². The molecule has 0 bridgehead atoms. The Balaban J connectivity index is 3.12. The van der Waals surface area contributed by atoms with Crippen LogP contribution in [0.2, 0.25) is 5.15 Å². The van der Waals surface area contributed by atoms with Crippen LogP contribution in [-0.4, -0.2) is 4.98 Å². The van der Waals surface area contributed by atoms with Gasteiger partial charge in [-0.2, -0.15) is 0 Å². The molecule has 1 aromatic rings. The molecule has 4 heteroatoms. The van der Waals surface area contributed by atoms with Crippen LogP contribution in [0.25, 0.3) is 0 Å². The molecule has 1 heterocycles. The molecule has 0 amide bonds. The Bertz CT molecular complexity index is 147. The van der Waals surface area contributed by atoms with E-state index in [9.17, 15) is 0 Å². The summed E-state index contributed by atoms with van der Waals surface area (Å²) in [4.78, 5) is 3.79. The summed E-state index contributed by atoms with van der Waals surface area (Å²) in [5, 5.41) is 0.616. The fraction of sp³-hybridized carbons (Fsp3) is 0. The van der Waals surface area contributed by atoms with E-state index in [1.807, 2.05) is 0 Å². The SMILES string of the molecule is Clc1ncsc1I. The highest BCUT2D eigenvalue weighted by Crippen LogP contribution is 2.19. The lowest BCUT2D eigenvalue weighted by Gasteiger charge is -1.72. The second-order valence-electron chi connectivity index (χ2n) is 0.917. The standard InChI is InChI=1S/C3HClINS/c4-2-3(5)7-1-6-2/h1H. The van der Waals surface area contributed by atoms with E-state index < -0.39 is 0 Å². The normalized spacial score (nSPS) is 9.43. The summed E-state index contributed by atoms with van der Waals surface area (Å²) >= 11 is 9.21. The molecule has 0 aliphatic rings. The highest BCUT2D eigenvalue weighted by Gasteiger charge is 1.94. The first-order chi connectivity index (χ1) is 3.30. The summed E-state index contributed by atoms with van der Waals surface area (Å²) in [5.41, 5.74) is 1.73. The topological polar surface area (TPSA) is 12.9 Å². The minimum atomic E-state index is 0.616. The smallest absolute Gasteiger partial charge is 0.153 e. The third-order valence-corrected chi connectivity index (χ3v) is 3.09. The zero-order chi connectivity index (χ0) is 5.28. The molecule has 0 radical (unpaired) electrons. The van der Waals surface area contributed by atoms with E-state index in [-0.39, 0.29) is 0 Å². The van der Waals surface area contributed by atoms with Crippen molar-refractivity contribution in [1.82, 2.24) is 4.98 Å². The summed E-state index contributed by atoms with van der Waals surface area (Å²) in [5.74, 6) is 0. The Labute approximate surface area is 63.9 Å². The second kappa shape index (κ2) is 2.28. The van der Waals surface area contributed by atoms with Crippen LogP contribution in [0.1, 0.15) is 0 Å². The molecule has 1 nitrogen and oxygen atoms in total. The Hall–Kier alpha value is 0.650. The zero-order valence-electron chi connectivity index (χ0n) is 3.19. The molecule has 0 unspecified atom stereocenters. The van der Waals surface area contributed by atoms with Gasteiger partial charge in [-0.1, -0.05) is 11.6 Å². The molecular formula is C3HClINS. The number of hydrogen-bond acceptors (Lipinski definition) is 2. The lowest BCUT2D eigenvalue weighted by atomic mass is 11.0. The minimum Gasteiger partial charge on any atom is -0.232 e. The highest BCUT2D eigenvalue weighted by molar-refractivity contribution is 14.1. The maximum Gasteiger partial charge on any atom is 0.153 e. The summed E-state index contributed by atoms with van der Waals surface area (Å²) in [6, 6.07) is 0. The first-order valence-electron chi connectivity index (χ1n) is 1.55. The van der Waals surface area contributed by atoms with Crippen molar-refractivity contribution < 1.29 is 0 Å². The molecule has 0 saturated carbocycles. The maximum atomic E-state index is 5.52. The number of aromatic nitrogens is 1. The number of nitrogens with zero attached hydrogens (tertiary/aromatic N) is 1. The third-order valence-electron chi connectivity index (χ3n) is 0.484. The van der Waals surface area contributed by atoms with E-state index in [4.69, 9.17) is 11.6 Å². The maximum absolute atomic E-state index is 5.52. The summed E-state index contributed by atoms with van der Waals surface area (Å²) in [6.45, 7) is 0. The molecule has 0 atom stereocenters. The molecular weight excluding hydrogens is 244 g/mol. The van der Waals surface area contributed by atoms with Crippen LogP contribution in [0.15, 0.2) is 5.51 Å². The van der Waals surface area contributed by atoms with Gasteiger partial charge in [0.1, 0.15) is 2.88 Å². The van der Waals surface area contributed by atoms with Crippen LogP contribution in [0, 0.1) is 2.88 Å². The van der Waals surface area contributed by atoms with Crippen LogP contribution in [-0.2, 0) is 0 Å². The number of rotatable bonds is 0. The Morgan fingerprint density at radius 2 is 2.57 bits per heavy atom. The Morgan fingerprint density at radius 3 is 2.71 bits per heavy atom. The van der Waals surface area contributed by atoms with Crippen molar-refractivity contribution in [2.45, 2.75) is 0 Å². The van der Waals surface area contributed by atoms with Crippen molar-refractivity contribution in [1.29, 1.82) is 0 Å². The third kappa shape index (κ3) is 1.27. The molecule has 0 saturated heterocycles. The van der Waals surface area contributed by atoms with Gasteiger partial charge in [-0.3, -0.25) is 0 Å². The molecule has 0 fully saturated rings. The van der Waals surface area contributed by atoms with Crippen molar-refractivity contribution in [2.75, 3.05) is 0 Å². The van der Waals surface area contributed by atoms with Gasteiger partial charge in [0.15, 0.2) is 5.15 Å². The monoisotopic (exact) mass is 245 g/mol. The van der Waals surface area contributed by atoms with Crippen LogP contribution in [0.4, 0.5) is 0 Å². The van der Waals surface area contributed by atoms with E-state index in [0.29, 0.717) is 5.15 Å². The Morgan fingerprint density at radius 1 is 1.86 bits per heavy atom. The molecule has 0 spiro atoms. The first-order valence-corrected chi connectivity index (χ1v) is 3.89. The molecule has 7 heavy (non-hydrogen) atoms. The fourth-order valence-corrected chi connectivity index (χ4v) is 1.34. The predicted octanol–water partition coefficient (Wildman–Crippen LogP) is 2.40. The van der Waals surface area contributed by atoms with Gasteiger partial charge in [-0.15, -0.1) is 11.3 Å². The van der Waals surface area contributed by atoms with E-state index in [1.165, 1.54) is 0 Å². The number of hydrogen-bond donors (Lipinski definition) is 0. The van der Waals surface area contributed by atoms with Gasteiger partial charge in [0.2, 0.25) is 0 Å². The number of thiazole rings is 1. The summed E-state index contributed by atoms with van der Waals surface area (Å²) in [6.07, 6.45) is 0. The van der Waals surface area contributed by atoms with Crippen molar-refractivity contribution in [3.8, 4) is 0 Å². The molecule has 0 aromatic carbocycles. The molecule has 0 N–H and O–H groups in total. The largest absolute Gasteiger partial charge is 0.232 e. The second-order valence-corrected chi connectivity index (χ2v) is 3.94. The summed E-state index contributed by atoms with van der Waals surface area (Å²) < 4.78 is 1.05. The highest BCUT2D eigenvalue weighted by atomic mass is 127. The van der Waals surface area contributed by atoms with Gasteiger partial charge in [0.25, 0.3) is 0 Å². The average molecular weight is 245 g/mol. The predicted molar refractivity (Wildman–Crippen MR) is 39.8 cm³/mol. The van der Waals surface area contributed by atoms with Gasteiger partial charge >= 0.3 is 0 Å². The minimum absolute atomic E-state index is 0.616. The number of halogens is 2. The lowest BCUT2D eigenvalue weighted by molar-refractivity contribution is 1.41. The van der Waals surface area contributed by atoms with Crippen LogP contribution in [0.5, 0.6) is 0 Å². The molecule has 0 aliphatic heterocycles. The van der Waals surface area contributed by atoms with Gasteiger partial charge in [0, 0.05) is 0 Å². The molecule has 38 valence electrons. The average Bonchev–Trinajstić information content (AvgIpc) is 1.91. The van der Waals surface area contributed by atoms with E-state index >= 15 is 0 Å². The van der Waals surface area contributed by atoms with E-state index in [1.54, 1.807) is 16.8 Å². The quantitative estimate of drug-likeness (QED) is 0.640. The van der Waals surface area contributed by atoms with Crippen LogP contribution < -0.4 is 0 Å². The lowest BCUT2D eigenvalue weighted by Crippen LogP contribution is -1.57. The van der Waals surface area contributed by atoms with Gasteiger partial charge in [0.05, 0.1) is 5.51 Å². The van der Waals surface area contributed by atoms with Gasteiger partial charge < -0.3 is 0 Å². The van der Waals surface area contributed by atoms with E-state index in [0.717, 1.165) is 2.88 Å². The fourth-order valence-electron chi connectivity index (χ4n) is 0.218. The van der Waals surface area contributed by atoms with Crippen molar-refractivity contribution in [2.24, 2.45) is 0 Å². The molecule has 1 rings (SSSR count). The van der Waals surface area contributed by atoms with Crippen LogP contribution >= 0.6 is 45.5 Å². The van der Waals surface area contributed by atoms with Gasteiger partial charge in [-0.25, -0.2) is 4.98 Å². The van der Waals surface area contributed by atoms with Crippen molar-refractivity contribution in [3.63, 3.8) is 0 Å². The molecule has 1 aromatic heterocycles. The molecule has 0 aliphatic carbocycles. The van der Waals surface area contributed by atoms with Gasteiger partial charge in [-0.05, 0) is 22.6 Å². The van der Waals surface area contributed by atoms with Crippen molar-refractivity contribution >= 4 is 45.5 Å². The summed E-state index contributed by atoms with van der Waals surface area (Å²) in [7, 11) is 0. The Kier molecular flexibility index (Phi) is 1.88. The zero-order valence-corrected chi connectivity index (χ0v) is 6.92. The first kappa shape index (κ1) is 5.78. The van der Waals surface area contributed by atoms with Crippen molar-refractivity contribution in [3.05, 3.63) is 13.5 Å². The van der Waals surface area contributed by atoms with E-state index in [2.05, 4.69) is 27.6 Å².